The second-order valence-electron chi connectivity index (χ2n) is 3.51. The van der Waals surface area contributed by atoms with Crippen LogP contribution in [0.4, 0.5) is 0 Å². The lowest BCUT2D eigenvalue weighted by Gasteiger charge is -2.15. The highest BCUT2D eigenvalue weighted by Gasteiger charge is 2.15. The van der Waals surface area contributed by atoms with Crippen molar-refractivity contribution >= 4 is 0 Å². The summed E-state index contributed by atoms with van der Waals surface area (Å²) in [7, 11) is 0. The lowest BCUT2D eigenvalue weighted by atomic mass is 9.87. The highest BCUT2D eigenvalue weighted by Crippen LogP contribution is 2.24. The summed E-state index contributed by atoms with van der Waals surface area (Å²) in [6, 6.07) is 4.64. The van der Waals surface area contributed by atoms with Gasteiger partial charge in [-0.15, -0.1) is 0 Å². The first kappa shape index (κ1) is 9.07. The first-order valence-corrected chi connectivity index (χ1v) is 4.66. The molecule has 0 heterocycles. The molecule has 0 spiro atoms. The zero-order chi connectivity index (χ0) is 8.81. The Morgan fingerprint density at radius 2 is 1.08 bits per heavy atom. The summed E-state index contributed by atoms with van der Waals surface area (Å²) in [4.78, 5) is 0. The molecule has 0 bridgehead atoms. The predicted molar refractivity (Wildman–Crippen MR) is 45.9 cm³/mol. The fraction of sp³-hybridized carbons (Fsp3) is 0.800. The van der Waals surface area contributed by atoms with E-state index in [-0.39, 0.29) is 11.8 Å². The Kier molecular flexibility index (Phi) is 3.61. The van der Waals surface area contributed by atoms with Gasteiger partial charge in [0, 0.05) is 11.8 Å². The minimum Gasteiger partial charge on any atom is -0.198 e. The molecule has 0 unspecified atom stereocenters. The lowest BCUT2D eigenvalue weighted by molar-refractivity contribution is 0.397. The molecule has 1 fully saturated rings. The molecular weight excluding hydrogens is 148 g/mol. The molecule has 1 saturated carbocycles. The van der Waals surface area contributed by atoms with Gasteiger partial charge >= 0.3 is 0 Å². The first-order valence-electron chi connectivity index (χ1n) is 4.66. The molecule has 1 aliphatic carbocycles. The average Bonchev–Trinajstić information content (AvgIpc) is 2.05. The average molecular weight is 162 g/mol. The highest BCUT2D eigenvalue weighted by atomic mass is 14.3. The molecule has 2 heteroatoms. The minimum atomic E-state index is 0.254. The monoisotopic (exact) mass is 162 g/mol. The largest absolute Gasteiger partial charge is 0.198 e. The Labute approximate surface area is 73.8 Å². The van der Waals surface area contributed by atoms with Crippen molar-refractivity contribution in [1.82, 2.24) is 0 Å². The fourth-order valence-corrected chi connectivity index (χ4v) is 1.77. The first-order chi connectivity index (χ1) is 5.86. The molecule has 0 atom stereocenters. The quantitative estimate of drug-likeness (QED) is 0.549. The maximum Gasteiger partial charge on any atom is 0.0655 e. The van der Waals surface area contributed by atoms with E-state index in [4.69, 9.17) is 10.5 Å². The Bertz CT molecular complexity index is 177. The smallest absolute Gasteiger partial charge is 0.0655 e. The van der Waals surface area contributed by atoms with Crippen molar-refractivity contribution in [2.24, 2.45) is 11.8 Å². The molecule has 12 heavy (non-hydrogen) atoms. The van der Waals surface area contributed by atoms with E-state index in [2.05, 4.69) is 12.1 Å². The van der Waals surface area contributed by atoms with Gasteiger partial charge in [0.1, 0.15) is 0 Å². The summed E-state index contributed by atoms with van der Waals surface area (Å²) in [6.45, 7) is 0. The van der Waals surface area contributed by atoms with E-state index in [9.17, 15) is 0 Å². The number of hydrogen-bond acceptors (Lipinski definition) is 2. The molecule has 0 aromatic heterocycles. The van der Waals surface area contributed by atoms with E-state index < -0.39 is 0 Å². The van der Waals surface area contributed by atoms with Gasteiger partial charge in [0.05, 0.1) is 12.1 Å². The fourth-order valence-electron chi connectivity index (χ4n) is 1.77. The van der Waals surface area contributed by atoms with Crippen LogP contribution in [-0.4, -0.2) is 0 Å². The van der Waals surface area contributed by atoms with Gasteiger partial charge in [0.15, 0.2) is 0 Å². The van der Waals surface area contributed by atoms with Crippen LogP contribution in [0.2, 0.25) is 0 Å². The zero-order valence-electron chi connectivity index (χ0n) is 7.29. The molecule has 0 amide bonds. The van der Waals surface area contributed by atoms with Gasteiger partial charge in [-0.25, -0.2) is 0 Å². The van der Waals surface area contributed by atoms with Crippen molar-refractivity contribution in [2.75, 3.05) is 0 Å². The van der Waals surface area contributed by atoms with Gasteiger partial charge in [-0.3, -0.25) is 0 Å². The van der Waals surface area contributed by atoms with Crippen LogP contribution < -0.4 is 0 Å². The summed E-state index contributed by atoms with van der Waals surface area (Å²) < 4.78 is 0. The second kappa shape index (κ2) is 4.78. The van der Waals surface area contributed by atoms with E-state index in [0.717, 1.165) is 38.5 Å². The maximum absolute atomic E-state index is 8.72. The molecule has 0 radical (unpaired) electrons. The van der Waals surface area contributed by atoms with Gasteiger partial charge in [-0.2, -0.15) is 10.5 Å². The van der Waals surface area contributed by atoms with Gasteiger partial charge in [0.2, 0.25) is 0 Å². The number of hydrogen-bond donors (Lipinski definition) is 0. The van der Waals surface area contributed by atoms with Gasteiger partial charge in [-0.05, 0) is 25.7 Å². The topological polar surface area (TPSA) is 47.6 Å². The number of rotatable bonds is 0. The van der Waals surface area contributed by atoms with Crippen molar-refractivity contribution in [3.63, 3.8) is 0 Å². The Morgan fingerprint density at radius 3 is 1.33 bits per heavy atom. The van der Waals surface area contributed by atoms with E-state index in [1.54, 1.807) is 0 Å². The third kappa shape index (κ3) is 2.55. The SMILES string of the molecule is N#CC1CCCC(C#N)CCC1. The van der Waals surface area contributed by atoms with E-state index >= 15 is 0 Å². The molecule has 0 aromatic carbocycles. The molecule has 0 saturated heterocycles. The lowest BCUT2D eigenvalue weighted by Crippen LogP contribution is -2.06. The minimum absolute atomic E-state index is 0.254. The molecule has 0 aliphatic heterocycles. The van der Waals surface area contributed by atoms with Crippen LogP contribution in [-0.2, 0) is 0 Å². The van der Waals surface area contributed by atoms with Crippen molar-refractivity contribution < 1.29 is 0 Å². The van der Waals surface area contributed by atoms with Crippen LogP contribution >= 0.6 is 0 Å². The Morgan fingerprint density at radius 1 is 0.750 bits per heavy atom. The van der Waals surface area contributed by atoms with Crippen LogP contribution in [0.3, 0.4) is 0 Å². The molecular formula is C10H14N2. The summed E-state index contributed by atoms with van der Waals surface area (Å²) in [5.74, 6) is 0.509. The zero-order valence-corrected chi connectivity index (χ0v) is 7.29. The van der Waals surface area contributed by atoms with Crippen molar-refractivity contribution in [1.29, 1.82) is 10.5 Å². The summed E-state index contributed by atoms with van der Waals surface area (Å²) >= 11 is 0. The number of nitrogens with zero attached hydrogens (tertiary/aromatic N) is 2. The predicted octanol–water partition coefficient (Wildman–Crippen LogP) is 2.62. The number of nitriles is 2. The van der Waals surface area contributed by atoms with E-state index in [0.29, 0.717) is 0 Å². The molecule has 0 aromatic rings. The van der Waals surface area contributed by atoms with Crippen LogP contribution in [0.15, 0.2) is 0 Å². The molecule has 0 N–H and O–H groups in total. The third-order valence-electron chi connectivity index (χ3n) is 2.58. The second-order valence-corrected chi connectivity index (χ2v) is 3.51. The Hall–Kier alpha value is -1.02. The van der Waals surface area contributed by atoms with Gasteiger partial charge in [0.25, 0.3) is 0 Å². The summed E-state index contributed by atoms with van der Waals surface area (Å²) in [5.41, 5.74) is 0. The molecule has 64 valence electrons. The van der Waals surface area contributed by atoms with Crippen LogP contribution in [0, 0.1) is 34.5 Å². The third-order valence-corrected chi connectivity index (χ3v) is 2.58. The normalized spacial score (nSPS) is 30.8. The maximum atomic E-state index is 8.72. The molecule has 1 aliphatic rings. The van der Waals surface area contributed by atoms with Crippen molar-refractivity contribution in [3.8, 4) is 12.1 Å². The molecule has 1 rings (SSSR count). The van der Waals surface area contributed by atoms with Crippen LogP contribution in [0.25, 0.3) is 0 Å². The summed E-state index contributed by atoms with van der Waals surface area (Å²) in [6.07, 6.45) is 6.08. The Balaban J connectivity index is 2.36. The highest BCUT2D eigenvalue weighted by molar-refractivity contribution is 4.88. The van der Waals surface area contributed by atoms with Crippen LogP contribution in [0.5, 0.6) is 0 Å². The van der Waals surface area contributed by atoms with Crippen LogP contribution in [0.1, 0.15) is 38.5 Å². The van der Waals surface area contributed by atoms with E-state index in [1.165, 1.54) is 0 Å². The molecule has 2 nitrogen and oxygen atoms in total. The summed E-state index contributed by atoms with van der Waals surface area (Å²) in [5, 5.41) is 17.4. The van der Waals surface area contributed by atoms with E-state index in [1.807, 2.05) is 0 Å². The van der Waals surface area contributed by atoms with Gasteiger partial charge < -0.3 is 0 Å². The van der Waals surface area contributed by atoms with Crippen molar-refractivity contribution in [2.45, 2.75) is 38.5 Å². The van der Waals surface area contributed by atoms with Gasteiger partial charge in [-0.1, -0.05) is 12.8 Å². The van der Waals surface area contributed by atoms with Crippen molar-refractivity contribution in [3.05, 3.63) is 0 Å². The standard InChI is InChI=1S/C10H14N2/c11-7-9-3-1-4-10(8-12)6-2-5-9/h9-10H,1-6H2.